The van der Waals surface area contributed by atoms with Gasteiger partial charge in [0, 0.05) is 19.2 Å². The summed E-state index contributed by atoms with van der Waals surface area (Å²) in [5.41, 5.74) is -0.133. The van der Waals surface area contributed by atoms with Crippen LogP contribution < -0.4 is 19.5 Å². The molecule has 0 bridgehead atoms. The lowest BCUT2D eigenvalue weighted by Crippen LogP contribution is -2.43. The van der Waals surface area contributed by atoms with Crippen molar-refractivity contribution in [2.45, 2.75) is 71.6 Å². The summed E-state index contributed by atoms with van der Waals surface area (Å²) in [6, 6.07) is 9.82. The summed E-state index contributed by atoms with van der Waals surface area (Å²) < 4.78 is 27.2. The first kappa shape index (κ1) is 29.4. The molecule has 0 unspecified atom stereocenters. The van der Waals surface area contributed by atoms with Crippen molar-refractivity contribution in [3.8, 4) is 17.2 Å². The topological polar surface area (TPSA) is 122 Å². The normalized spacial score (nSPS) is 13.0. The Kier molecular flexibility index (Phi) is 12.2. The third-order valence-corrected chi connectivity index (χ3v) is 5.42. The van der Waals surface area contributed by atoms with Crippen LogP contribution in [-0.2, 0) is 19.1 Å². The number of hydrogen-bond donors (Lipinski definition) is 1. The smallest absolute Gasteiger partial charge is 0.328 e. The van der Waals surface area contributed by atoms with Crippen LogP contribution in [0, 0.1) is 0 Å². The molecule has 1 N–H and O–H groups in total. The standard InChI is InChI=1S/C27H36N2O8/c1-6-7-9-14-22(19(3)36-21-12-10-8-11-13-21)37-27(32)18(2)29-26(31)24-25(35-17-34-20(4)30)23(33-5)15-16-28-24/h8,10-13,15-16,18-19,22H,6-7,9,14,17H2,1-5H3,(H,29,31)/t18-,19-,22+/m0/s1. The van der Waals surface area contributed by atoms with E-state index in [9.17, 15) is 14.4 Å². The number of benzene rings is 1. The molecule has 0 saturated carbocycles. The highest BCUT2D eigenvalue weighted by atomic mass is 16.7. The molecule has 202 valence electrons. The van der Waals surface area contributed by atoms with Crippen LogP contribution in [0.2, 0.25) is 0 Å². The highest BCUT2D eigenvalue weighted by molar-refractivity contribution is 5.98. The lowest BCUT2D eigenvalue weighted by molar-refractivity contribution is -0.156. The Morgan fingerprint density at radius 3 is 2.43 bits per heavy atom. The van der Waals surface area contributed by atoms with Crippen molar-refractivity contribution < 1.29 is 38.1 Å². The summed E-state index contributed by atoms with van der Waals surface area (Å²) in [5.74, 6) is -0.972. The summed E-state index contributed by atoms with van der Waals surface area (Å²) >= 11 is 0. The molecule has 1 heterocycles. The van der Waals surface area contributed by atoms with Gasteiger partial charge in [0.25, 0.3) is 5.91 Å². The van der Waals surface area contributed by atoms with Gasteiger partial charge >= 0.3 is 11.9 Å². The number of nitrogens with one attached hydrogen (secondary N) is 1. The molecule has 0 aliphatic heterocycles. The van der Waals surface area contributed by atoms with Gasteiger partial charge in [-0.3, -0.25) is 9.59 Å². The van der Waals surface area contributed by atoms with Crippen LogP contribution in [0.25, 0.3) is 0 Å². The third-order valence-electron chi connectivity index (χ3n) is 5.42. The molecule has 2 aromatic rings. The fraction of sp³-hybridized carbons (Fsp3) is 0.481. The zero-order valence-electron chi connectivity index (χ0n) is 22.0. The van der Waals surface area contributed by atoms with E-state index in [0.717, 1.165) is 19.3 Å². The molecule has 0 fully saturated rings. The maximum Gasteiger partial charge on any atom is 0.328 e. The third kappa shape index (κ3) is 9.63. The van der Waals surface area contributed by atoms with E-state index in [2.05, 4.69) is 17.2 Å². The predicted molar refractivity (Wildman–Crippen MR) is 136 cm³/mol. The zero-order chi connectivity index (χ0) is 27.2. The number of para-hydroxylation sites is 1. The number of pyridine rings is 1. The highest BCUT2D eigenvalue weighted by Crippen LogP contribution is 2.29. The first-order chi connectivity index (χ1) is 17.8. The van der Waals surface area contributed by atoms with Crippen molar-refractivity contribution in [2.75, 3.05) is 13.9 Å². The number of aromatic nitrogens is 1. The minimum Gasteiger partial charge on any atom is -0.493 e. The average Bonchev–Trinajstić information content (AvgIpc) is 2.88. The fourth-order valence-corrected chi connectivity index (χ4v) is 3.41. The number of hydrogen-bond acceptors (Lipinski definition) is 9. The van der Waals surface area contributed by atoms with E-state index in [1.165, 1.54) is 33.2 Å². The summed E-state index contributed by atoms with van der Waals surface area (Å²) in [6.45, 7) is 6.26. The van der Waals surface area contributed by atoms with Gasteiger partial charge in [-0.25, -0.2) is 9.78 Å². The van der Waals surface area contributed by atoms with Crippen molar-refractivity contribution >= 4 is 17.8 Å². The average molecular weight is 517 g/mol. The molecule has 1 aromatic heterocycles. The van der Waals surface area contributed by atoms with Crippen molar-refractivity contribution in [1.82, 2.24) is 10.3 Å². The number of unbranched alkanes of at least 4 members (excludes halogenated alkanes) is 2. The van der Waals surface area contributed by atoms with Crippen LogP contribution in [0.15, 0.2) is 42.6 Å². The number of carbonyl (C=O) groups excluding carboxylic acids is 3. The number of carbonyl (C=O) groups is 3. The number of nitrogens with zero attached hydrogens (tertiary/aromatic N) is 1. The van der Waals surface area contributed by atoms with Gasteiger partial charge in [-0.2, -0.15) is 0 Å². The Morgan fingerprint density at radius 1 is 1.05 bits per heavy atom. The van der Waals surface area contributed by atoms with E-state index in [1.807, 2.05) is 37.3 Å². The Labute approximate surface area is 217 Å². The predicted octanol–water partition coefficient (Wildman–Crippen LogP) is 4.07. The van der Waals surface area contributed by atoms with E-state index in [-0.39, 0.29) is 17.2 Å². The second-order valence-corrected chi connectivity index (χ2v) is 8.39. The Bertz CT molecular complexity index is 1010. The van der Waals surface area contributed by atoms with Gasteiger partial charge in [0.2, 0.25) is 6.79 Å². The Hall–Kier alpha value is -3.82. The zero-order valence-corrected chi connectivity index (χ0v) is 22.0. The molecule has 2 rings (SSSR count). The molecule has 0 aliphatic carbocycles. The molecule has 0 aliphatic rings. The summed E-state index contributed by atoms with van der Waals surface area (Å²) in [7, 11) is 1.40. The van der Waals surface area contributed by atoms with Crippen LogP contribution in [-0.4, -0.2) is 55.0 Å². The van der Waals surface area contributed by atoms with Gasteiger partial charge in [0.15, 0.2) is 17.2 Å². The second kappa shape index (κ2) is 15.3. The van der Waals surface area contributed by atoms with E-state index in [1.54, 1.807) is 0 Å². The van der Waals surface area contributed by atoms with Crippen LogP contribution in [0.3, 0.4) is 0 Å². The number of rotatable bonds is 15. The molecule has 37 heavy (non-hydrogen) atoms. The van der Waals surface area contributed by atoms with E-state index in [4.69, 9.17) is 23.7 Å². The highest BCUT2D eigenvalue weighted by Gasteiger charge is 2.28. The van der Waals surface area contributed by atoms with Gasteiger partial charge in [-0.05, 0) is 38.8 Å². The molecule has 10 heteroatoms. The van der Waals surface area contributed by atoms with Gasteiger partial charge in [-0.1, -0.05) is 38.0 Å². The maximum absolute atomic E-state index is 13.0. The molecule has 10 nitrogen and oxygen atoms in total. The molecular formula is C27H36N2O8. The van der Waals surface area contributed by atoms with Crippen LogP contribution in [0.4, 0.5) is 0 Å². The largest absolute Gasteiger partial charge is 0.493 e. The van der Waals surface area contributed by atoms with E-state index in [0.29, 0.717) is 12.2 Å². The van der Waals surface area contributed by atoms with Crippen LogP contribution >= 0.6 is 0 Å². The van der Waals surface area contributed by atoms with Crippen molar-refractivity contribution in [3.05, 3.63) is 48.3 Å². The van der Waals surface area contributed by atoms with E-state index < -0.39 is 42.9 Å². The molecule has 1 amide bonds. The van der Waals surface area contributed by atoms with Crippen molar-refractivity contribution in [1.29, 1.82) is 0 Å². The minimum absolute atomic E-state index is 0.0216. The van der Waals surface area contributed by atoms with Gasteiger partial charge in [0.05, 0.1) is 7.11 Å². The van der Waals surface area contributed by atoms with Gasteiger partial charge < -0.3 is 29.0 Å². The molecule has 3 atom stereocenters. The SMILES string of the molecule is CCCCC[C@@H](OC(=O)[C@H](C)NC(=O)c1nccc(OC)c1OCOC(C)=O)[C@H](C)Oc1ccccc1. The monoisotopic (exact) mass is 516 g/mol. The lowest BCUT2D eigenvalue weighted by atomic mass is 10.1. The van der Waals surface area contributed by atoms with Gasteiger partial charge in [-0.15, -0.1) is 0 Å². The molecular weight excluding hydrogens is 480 g/mol. The van der Waals surface area contributed by atoms with Crippen molar-refractivity contribution in [3.63, 3.8) is 0 Å². The molecule has 0 spiro atoms. The van der Waals surface area contributed by atoms with E-state index >= 15 is 0 Å². The van der Waals surface area contributed by atoms with Crippen LogP contribution in [0.1, 0.15) is 63.9 Å². The molecule has 0 radical (unpaired) electrons. The number of ether oxygens (including phenoxy) is 5. The molecule has 1 aromatic carbocycles. The maximum atomic E-state index is 13.0. The Morgan fingerprint density at radius 2 is 1.78 bits per heavy atom. The first-order valence-corrected chi connectivity index (χ1v) is 12.3. The summed E-state index contributed by atoms with van der Waals surface area (Å²) in [4.78, 5) is 41.0. The summed E-state index contributed by atoms with van der Waals surface area (Å²) in [6.07, 6.45) is 3.98. The van der Waals surface area contributed by atoms with Crippen LogP contribution in [0.5, 0.6) is 17.2 Å². The Balaban J connectivity index is 2.08. The number of methoxy groups -OCH3 is 1. The second-order valence-electron chi connectivity index (χ2n) is 8.39. The first-order valence-electron chi connectivity index (χ1n) is 12.3. The fourth-order valence-electron chi connectivity index (χ4n) is 3.41. The number of amides is 1. The van der Waals surface area contributed by atoms with Crippen molar-refractivity contribution in [2.24, 2.45) is 0 Å². The lowest BCUT2D eigenvalue weighted by Gasteiger charge is -2.26. The molecule has 0 saturated heterocycles. The quantitative estimate of drug-likeness (QED) is 0.212. The minimum atomic E-state index is -0.987. The summed E-state index contributed by atoms with van der Waals surface area (Å²) in [5, 5.41) is 2.59. The number of esters is 2. The van der Waals surface area contributed by atoms with Gasteiger partial charge in [0.1, 0.15) is 24.0 Å².